The van der Waals surface area contributed by atoms with Crippen LogP contribution in [0.2, 0.25) is 0 Å². The number of hydrogen-bond donors (Lipinski definition) is 1. The summed E-state index contributed by atoms with van der Waals surface area (Å²) >= 11 is 0. The molecule has 2 aromatic heterocycles. The van der Waals surface area contributed by atoms with Crippen LogP contribution in [0.5, 0.6) is 5.75 Å². The van der Waals surface area contributed by atoms with Gasteiger partial charge in [0.25, 0.3) is 5.91 Å². The first kappa shape index (κ1) is 27.0. The third-order valence-corrected chi connectivity index (χ3v) is 7.64. The first-order valence-corrected chi connectivity index (χ1v) is 14.1. The molecule has 0 aliphatic carbocycles. The molecule has 0 radical (unpaired) electrons. The Bertz CT molecular complexity index is 1470. The molecule has 1 N–H and O–H groups in total. The number of pyridine rings is 1. The lowest BCUT2D eigenvalue weighted by atomic mass is 10.0. The zero-order valence-corrected chi connectivity index (χ0v) is 22.8. The van der Waals surface area contributed by atoms with Crippen molar-refractivity contribution < 1.29 is 18.7 Å². The topological polar surface area (TPSA) is 92.7 Å². The minimum absolute atomic E-state index is 0.221. The third-order valence-electron chi connectivity index (χ3n) is 7.64. The van der Waals surface area contributed by atoms with Crippen molar-refractivity contribution in [1.82, 2.24) is 25.2 Å². The number of ether oxygens (including phenoxy) is 2. The van der Waals surface area contributed by atoms with Gasteiger partial charge >= 0.3 is 0 Å². The second kappa shape index (κ2) is 12.6. The molecule has 212 valence electrons. The Morgan fingerprint density at radius 2 is 1.80 bits per heavy atom. The van der Waals surface area contributed by atoms with Crippen LogP contribution in [0.15, 0.2) is 67.0 Å². The van der Waals surface area contributed by atoms with E-state index < -0.39 is 0 Å². The highest BCUT2D eigenvalue weighted by atomic mass is 19.1. The zero-order chi connectivity index (χ0) is 28.0. The number of benzene rings is 2. The summed E-state index contributed by atoms with van der Waals surface area (Å²) in [5.74, 6) is 0.911. The summed E-state index contributed by atoms with van der Waals surface area (Å²) in [6, 6.07) is 15.8. The molecule has 4 heterocycles. The van der Waals surface area contributed by atoms with Crippen molar-refractivity contribution in [3.8, 4) is 17.0 Å². The quantitative estimate of drug-likeness (QED) is 0.327. The number of carbonyl (C=O) groups excluding carboxylic acids is 1. The first-order valence-electron chi connectivity index (χ1n) is 14.1. The molecular weight excluding hydrogens is 523 g/mol. The Labute approximate surface area is 238 Å². The summed E-state index contributed by atoms with van der Waals surface area (Å²) in [5, 5.41) is 2.89. The van der Waals surface area contributed by atoms with E-state index >= 15 is 0 Å². The molecule has 0 bridgehead atoms. The highest BCUT2D eigenvalue weighted by molar-refractivity contribution is 5.98. The van der Waals surface area contributed by atoms with E-state index in [2.05, 4.69) is 20.1 Å². The Morgan fingerprint density at radius 1 is 1.00 bits per heavy atom. The van der Waals surface area contributed by atoms with E-state index in [0.29, 0.717) is 47.2 Å². The average molecular weight is 557 g/mol. The van der Waals surface area contributed by atoms with E-state index in [0.717, 1.165) is 63.6 Å². The van der Waals surface area contributed by atoms with Gasteiger partial charge in [0.1, 0.15) is 23.9 Å². The number of anilines is 1. The van der Waals surface area contributed by atoms with Crippen molar-refractivity contribution in [1.29, 1.82) is 0 Å². The van der Waals surface area contributed by atoms with E-state index in [1.165, 1.54) is 12.1 Å². The van der Waals surface area contributed by atoms with E-state index in [-0.39, 0.29) is 11.7 Å². The van der Waals surface area contributed by atoms with Crippen LogP contribution < -0.4 is 15.0 Å². The van der Waals surface area contributed by atoms with Crippen LogP contribution in [0, 0.1) is 5.82 Å². The van der Waals surface area contributed by atoms with Gasteiger partial charge in [-0.15, -0.1) is 0 Å². The molecule has 0 spiro atoms. The minimum Gasteiger partial charge on any atom is -0.490 e. The van der Waals surface area contributed by atoms with Crippen LogP contribution in [0.3, 0.4) is 0 Å². The largest absolute Gasteiger partial charge is 0.490 e. The van der Waals surface area contributed by atoms with Gasteiger partial charge in [0.15, 0.2) is 5.82 Å². The van der Waals surface area contributed by atoms with Crippen LogP contribution in [0.4, 0.5) is 10.2 Å². The van der Waals surface area contributed by atoms with E-state index in [1.54, 1.807) is 42.7 Å². The maximum Gasteiger partial charge on any atom is 0.251 e. The summed E-state index contributed by atoms with van der Waals surface area (Å²) < 4.78 is 24.9. The van der Waals surface area contributed by atoms with Crippen LogP contribution in [-0.4, -0.2) is 84.3 Å². The van der Waals surface area contributed by atoms with Gasteiger partial charge in [0.05, 0.1) is 37.0 Å². The molecule has 9 nitrogen and oxygen atoms in total. The summed E-state index contributed by atoms with van der Waals surface area (Å²) in [6.07, 6.45) is 5.37. The number of halogens is 1. The molecule has 0 atom stereocenters. The smallest absolute Gasteiger partial charge is 0.251 e. The van der Waals surface area contributed by atoms with Gasteiger partial charge in [-0.1, -0.05) is 0 Å². The van der Waals surface area contributed by atoms with Crippen molar-refractivity contribution >= 4 is 22.8 Å². The number of nitrogens with zero attached hydrogens (tertiary/aromatic N) is 5. The molecule has 2 saturated heterocycles. The monoisotopic (exact) mass is 556 g/mol. The highest BCUT2D eigenvalue weighted by Gasteiger charge is 2.28. The van der Waals surface area contributed by atoms with E-state index in [9.17, 15) is 9.18 Å². The van der Waals surface area contributed by atoms with Gasteiger partial charge in [-0.25, -0.2) is 14.4 Å². The van der Waals surface area contributed by atoms with Crippen LogP contribution >= 0.6 is 0 Å². The first-order chi connectivity index (χ1) is 20.1. The Kier molecular flexibility index (Phi) is 8.29. The molecule has 1 amide bonds. The molecule has 6 rings (SSSR count). The SMILES string of the molecule is O=C(NCCOc1cccnc1)c1ccc2nc(N3CCC(N4CCOCC4)CC3)c(-c3ccc(F)cc3)nc2c1. The van der Waals surface area contributed by atoms with Gasteiger partial charge in [0.2, 0.25) is 0 Å². The predicted octanol–water partition coefficient (Wildman–Crippen LogP) is 3.94. The van der Waals surface area contributed by atoms with Gasteiger partial charge in [-0.2, -0.15) is 0 Å². The standard InChI is InChI=1S/C31H33FN6O3/c32-24-6-3-22(4-7-24)29-30(38-13-9-25(10-14-38)37-15-18-40-19-16-37)36-27-8-5-23(20-28(27)35-29)31(39)34-12-17-41-26-2-1-11-33-21-26/h1-8,11,20-21,25H,9-10,12-19H2,(H,34,39). The second-order valence-electron chi connectivity index (χ2n) is 10.3. The Hall–Kier alpha value is -4.15. The maximum atomic E-state index is 13.8. The van der Waals surface area contributed by atoms with Crippen LogP contribution in [-0.2, 0) is 4.74 Å². The Morgan fingerprint density at radius 3 is 2.56 bits per heavy atom. The molecule has 2 aliphatic heterocycles. The number of nitrogens with one attached hydrogen (secondary N) is 1. The number of aromatic nitrogens is 3. The fourth-order valence-electron chi connectivity index (χ4n) is 5.46. The van der Waals surface area contributed by atoms with Gasteiger partial charge in [-0.05, 0) is 67.4 Å². The van der Waals surface area contributed by atoms with Crippen molar-refractivity contribution in [3.05, 3.63) is 78.4 Å². The lowest BCUT2D eigenvalue weighted by molar-refractivity contribution is 0.0115. The van der Waals surface area contributed by atoms with Crippen molar-refractivity contribution in [2.45, 2.75) is 18.9 Å². The molecule has 4 aromatic rings. The number of hydrogen-bond acceptors (Lipinski definition) is 8. The number of fused-ring (bicyclic) bond motifs is 1. The molecule has 0 unspecified atom stereocenters. The lowest BCUT2D eigenvalue weighted by Crippen LogP contribution is -2.49. The molecule has 41 heavy (non-hydrogen) atoms. The molecule has 10 heteroatoms. The Balaban J connectivity index is 1.20. The molecular formula is C31H33FN6O3. The highest BCUT2D eigenvalue weighted by Crippen LogP contribution is 2.32. The summed E-state index contributed by atoms with van der Waals surface area (Å²) in [6.45, 7) is 5.94. The number of carbonyl (C=O) groups is 1. The molecule has 2 aromatic carbocycles. The van der Waals surface area contributed by atoms with Crippen molar-refractivity contribution in [2.24, 2.45) is 0 Å². The predicted molar refractivity (Wildman–Crippen MR) is 155 cm³/mol. The molecule has 0 saturated carbocycles. The number of piperidine rings is 1. The second-order valence-corrected chi connectivity index (χ2v) is 10.3. The minimum atomic E-state index is -0.304. The van der Waals surface area contributed by atoms with Gasteiger partial charge < -0.3 is 19.7 Å². The lowest BCUT2D eigenvalue weighted by Gasteiger charge is -2.40. The number of rotatable bonds is 8. The van der Waals surface area contributed by atoms with E-state index in [1.807, 2.05) is 12.1 Å². The van der Waals surface area contributed by atoms with E-state index in [4.69, 9.17) is 19.4 Å². The van der Waals surface area contributed by atoms with Crippen molar-refractivity contribution in [3.63, 3.8) is 0 Å². The van der Waals surface area contributed by atoms with Crippen LogP contribution in [0.25, 0.3) is 22.3 Å². The fourth-order valence-corrected chi connectivity index (χ4v) is 5.46. The average Bonchev–Trinajstić information content (AvgIpc) is 3.03. The molecule has 2 aliphatic rings. The maximum absolute atomic E-state index is 13.8. The fraction of sp³-hybridized carbons (Fsp3) is 0.355. The zero-order valence-electron chi connectivity index (χ0n) is 22.8. The van der Waals surface area contributed by atoms with Gasteiger partial charge in [-0.3, -0.25) is 14.7 Å². The van der Waals surface area contributed by atoms with Crippen molar-refractivity contribution in [2.75, 3.05) is 57.4 Å². The summed E-state index contributed by atoms with van der Waals surface area (Å²) in [5.41, 5.74) is 3.27. The van der Waals surface area contributed by atoms with Gasteiger partial charge in [0, 0.05) is 49.5 Å². The molecule has 2 fully saturated rings. The number of morpholine rings is 1. The summed E-state index contributed by atoms with van der Waals surface area (Å²) in [4.78, 5) is 31.7. The number of amides is 1. The third kappa shape index (κ3) is 6.44. The van der Waals surface area contributed by atoms with Crippen LogP contribution in [0.1, 0.15) is 23.2 Å². The summed E-state index contributed by atoms with van der Waals surface area (Å²) in [7, 11) is 0. The normalized spacial score (nSPS) is 16.6.